The van der Waals surface area contributed by atoms with Crippen LogP contribution in [0.4, 0.5) is 4.79 Å². The van der Waals surface area contributed by atoms with Gasteiger partial charge >= 0.3 is 6.03 Å². The third kappa shape index (κ3) is 6.60. The van der Waals surface area contributed by atoms with Crippen LogP contribution in [0, 0.1) is 0 Å². The summed E-state index contributed by atoms with van der Waals surface area (Å²) < 4.78 is 15.7. The van der Waals surface area contributed by atoms with Crippen LogP contribution in [0.15, 0.2) is 84.0 Å². The van der Waals surface area contributed by atoms with E-state index in [-0.39, 0.29) is 6.03 Å². The fourth-order valence-corrected chi connectivity index (χ4v) is 3.84. The monoisotopic (exact) mass is 408 g/mol. The Hall–Kier alpha value is -2.87. The molecule has 7 heteroatoms. The van der Waals surface area contributed by atoms with E-state index in [9.17, 15) is 9.35 Å². The minimum atomic E-state index is -1.32. The van der Waals surface area contributed by atoms with E-state index in [0.29, 0.717) is 26.1 Å². The summed E-state index contributed by atoms with van der Waals surface area (Å²) in [6, 6.07) is 21.1. The van der Waals surface area contributed by atoms with E-state index >= 15 is 0 Å². The molecule has 1 aromatic heterocycles. The van der Waals surface area contributed by atoms with Crippen LogP contribution in [-0.2, 0) is 17.9 Å². The fraction of sp³-hybridized carbons (Fsp3) is 0.182. The molecule has 150 valence electrons. The maximum atomic E-state index is 12.7. The number of amides is 2. The quantitative estimate of drug-likeness (QED) is 0.375. The van der Waals surface area contributed by atoms with Gasteiger partial charge in [0.2, 0.25) is 0 Å². The number of rotatable bonds is 9. The van der Waals surface area contributed by atoms with Crippen molar-refractivity contribution in [2.75, 3.05) is 13.1 Å². The van der Waals surface area contributed by atoms with Crippen molar-refractivity contribution in [3.8, 4) is 11.1 Å². The van der Waals surface area contributed by atoms with Gasteiger partial charge in [-0.05, 0) is 35.7 Å². The van der Waals surface area contributed by atoms with Gasteiger partial charge in [0, 0.05) is 37.6 Å². The summed E-state index contributed by atoms with van der Waals surface area (Å²) in [6.45, 7) is 1.44. The summed E-state index contributed by atoms with van der Waals surface area (Å²) in [5, 5.41) is 5.57. The molecule has 6 nitrogen and oxygen atoms in total. The molecule has 2 amide bonds. The van der Waals surface area contributed by atoms with Gasteiger partial charge in [-0.3, -0.25) is 4.98 Å². The lowest BCUT2D eigenvalue weighted by atomic mass is 10.1. The van der Waals surface area contributed by atoms with Gasteiger partial charge in [-0.1, -0.05) is 48.5 Å². The SMILES string of the molecule is O=C(NCCCN[S+]([O-])c1ccccc1-c1ccccc1)NCc1cccnc1. The number of aromatic nitrogens is 1. The first-order valence-corrected chi connectivity index (χ1v) is 10.6. The topological polar surface area (TPSA) is 89.1 Å². The highest BCUT2D eigenvalue weighted by atomic mass is 32.2. The number of urea groups is 1. The molecule has 2 aromatic carbocycles. The molecule has 0 radical (unpaired) electrons. The maximum Gasteiger partial charge on any atom is 0.315 e. The van der Waals surface area contributed by atoms with E-state index in [1.165, 1.54) is 0 Å². The molecule has 3 N–H and O–H groups in total. The Balaban J connectivity index is 1.39. The van der Waals surface area contributed by atoms with Gasteiger partial charge in [0.1, 0.15) is 0 Å². The van der Waals surface area contributed by atoms with Crippen molar-refractivity contribution in [3.63, 3.8) is 0 Å². The zero-order valence-electron chi connectivity index (χ0n) is 16.0. The minimum absolute atomic E-state index is 0.232. The van der Waals surface area contributed by atoms with Crippen molar-refractivity contribution in [1.82, 2.24) is 20.3 Å². The van der Waals surface area contributed by atoms with E-state index in [0.717, 1.165) is 21.6 Å². The Bertz CT molecular complexity index is 894. The van der Waals surface area contributed by atoms with Gasteiger partial charge in [0.15, 0.2) is 4.90 Å². The number of pyridine rings is 1. The lowest BCUT2D eigenvalue weighted by Crippen LogP contribution is -2.36. The summed E-state index contributed by atoms with van der Waals surface area (Å²) in [5.41, 5.74) is 2.92. The zero-order chi connectivity index (χ0) is 20.3. The largest absolute Gasteiger partial charge is 0.593 e. The maximum absolute atomic E-state index is 12.7. The molecule has 0 spiro atoms. The molecule has 0 aliphatic heterocycles. The van der Waals surface area contributed by atoms with Gasteiger partial charge in [-0.25, -0.2) is 4.79 Å². The molecular formula is C22H24N4O2S. The summed E-state index contributed by atoms with van der Waals surface area (Å²) >= 11 is -1.32. The smallest absolute Gasteiger partial charge is 0.315 e. The second kappa shape index (κ2) is 11.2. The molecule has 0 saturated heterocycles. The molecule has 29 heavy (non-hydrogen) atoms. The Kier molecular flexibility index (Phi) is 8.06. The molecule has 1 heterocycles. The third-order valence-corrected chi connectivity index (χ3v) is 5.44. The van der Waals surface area contributed by atoms with Crippen LogP contribution in [0.25, 0.3) is 11.1 Å². The van der Waals surface area contributed by atoms with Gasteiger partial charge in [0.05, 0.1) is 11.4 Å². The van der Waals surface area contributed by atoms with Crippen molar-refractivity contribution >= 4 is 17.4 Å². The van der Waals surface area contributed by atoms with Crippen LogP contribution in [0.3, 0.4) is 0 Å². The highest BCUT2D eigenvalue weighted by Crippen LogP contribution is 2.26. The van der Waals surface area contributed by atoms with Crippen LogP contribution in [-0.4, -0.2) is 28.7 Å². The van der Waals surface area contributed by atoms with E-state index in [2.05, 4.69) is 20.3 Å². The minimum Gasteiger partial charge on any atom is -0.593 e. The molecule has 0 aliphatic rings. The van der Waals surface area contributed by atoms with Gasteiger partial charge in [-0.2, -0.15) is 0 Å². The summed E-state index contributed by atoms with van der Waals surface area (Å²) in [6.07, 6.45) is 4.07. The van der Waals surface area contributed by atoms with Crippen LogP contribution >= 0.6 is 0 Å². The highest BCUT2D eigenvalue weighted by Gasteiger charge is 2.16. The average Bonchev–Trinajstić information content (AvgIpc) is 2.78. The first-order valence-electron chi connectivity index (χ1n) is 9.44. The molecule has 1 atom stereocenters. The number of nitrogens with one attached hydrogen (secondary N) is 3. The molecule has 0 saturated carbocycles. The molecule has 0 aliphatic carbocycles. The summed E-state index contributed by atoms with van der Waals surface area (Å²) in [7, 11) is 0. The van der Waals surface area contributed by atoms with Gasteiger partial charge in [0.25, 0.3) is 0 Å². The number of carbonyl (C=O) groups excluding carboxylic acids is 1. The summed E-state index contributed by atoms with van der Waals surface area (Å²) in [4.78, 5) is 16.6. The van der Waals surface area contributed by atoms with Crippen molar-refractivity contribution in [2.45, 2.75) is 17.9 Å². The van der Waals surface area contributed by atoms with E-state index in [4.69, 9.17) is 0 Å². The molecular weight excluding hydrogens is 384 g/mol. The number of hydrogen-bond acceptors (Lipinski definition) is 4. The molecule has 1 unspecified atom stereocenters. The number of hydrogen-bond donors (Lipinski definition) is 3. The lowest BCUT2D eigenvalue weighted by molar-refractivity contribution is 0.240. The van der Waals surface area contributed by atoms with Gasteiger partial charge in [-0.15, -0.1) is 4.72 Å². The van der Waals surface area contributed by atoms with Gasteiger partial charge < -0.3 is 15.2 Å². The predicted octanol–water partition coefficient (Wildman–Crippen LogP) is 3.25. The van der Waals surface area contributed by atoms with Crippen molar-refractivity contribution in [3.05, 3.63) is 84.7 Å². The zero-order valence-corrected chi connectivity index (χ0v) is 16.8. The molecule has 0 bridgehead atoms. The van der Waals surface area contributed by atoms with E-state index in [1.54, 1.807) is 12.4 Å². The van der Waals surface area contributed by atoms with Crippen molar-refractivity contribution < 1.29 is 9.35 Å². The standard InChI is InChI=1S/C22H24N4O2S/c27-22(25-17-18-8-6-13-23-16-18)24-14-7-15-26-29(28)21-12-5-4-11-20(21)19-9-2-1-3-10-19/h1-6,8-13,16,26H,7,14-15,17H2,(H2,24,25,27). The van der Waals surface area contributed by atoms with Crippen LogP contribution in [0.1, 0.15) is 12.0 Å². The fourth-order valence-electron chi connectivity index (χ4n) is 2.76. The Morgan fingerprint density at radius 1 is 0.931 bits per heavy atom. The predicted molar refractivity (Wildman–Crippen MR) is 115 cm³/mol. The van der Waals surface area contributed by atoms with Crippen molar-refractivity contribution in [1.29, 1.82) is 0 Å². The first-order chi connectivity index (χ1) is 14.2. The number of nitrogens with zero attached hydrogens (tertiary/aromatic N) is 1. The molecule has 0 fully saturated rings. The second-order valence-electron chi connectivity index (χ2n) is 6.35. The summed E-state index contributed by atoms with van der Waals surface area (Å²) in [5.74, 6) is 0. The Morgan fingerprint density at radius 3 is 2.52 bits per heavy atom. The molecule has 3 aromatic rings. The van der Waals surface area contributed by atoms with E-state index in [1.807, 2.05) is 66.7 Å². The molecule has 3 rings (SSSR count). The third-order valence-electron chi connectivity index (χ3n) is 4.22. The Morgan fingerprint density at radius 2 is 1.72 bits per heavy atom. The number of benzene rings is 2. The normalized spacial score (nSPS) is 11.6. The second-order valence-corrected chi connectivity index (χ2v) is 7.62. The van der Waals surface area contributed by atoms with Crippen molar-refractivity contribution in [2.24, 2.45) is 0 Å². The van der Waals surface area contributed by atoms with Crippen LogP contribution in [0.2, 0.25) is 0 Å². The average molecular weight is 409 g/mol. The van der Waals surface area contributed by atoms with Crippen LogP contribution in [0.5, 0.6) is 0 Å². The number of carbonyl (C=O) groups is 1. The first kappa shape index (κ1) is 20.9. The highest BCUT2D eigenvalue weighted by molar-refractivity contribution is 7.89. The lowest BCUT2D eigenvalue weighted by Gasteiger charge is -2.14. The Labute approximate surface area is 174 Å². The van der Waals surface area contributed by atoms with E-state index < -0.39 is 11.4 Å². The van der Waals surface area contributed by atoms with Crippen LogP contribution < -0.4 is 15.4 Å².